The predicted molar refractivity (Wildman–Crippen MR) is 55.8 cm³/mol. The van der Waals surface area contributed by atoms with Gasteiger partial charge in [-0.15, -0.1) is 0 Å². The third kappa shape index (κ3) is 7.40. The van der Waals surface area contributed by atoms with Gasteiger partial charge in [0.15, 0.2) is 0 Å². The molecule has 0 N–H and O–H groups in total. The van der Waals surface area contributed by atoms with E-state index in [1.54, 1.807) is 4.90 Å². The van der Waals surface area contributed by atoms with E-state index in [-0.39, 0.29) is 6.54 Å². The summed E-state index contributed by atoms with van der Waals surface area (Å²) in [5, 5.41) is 0.690. The lowest BCUT2D eigenvalue weighted by Crippen LogP contribution is -2.32. The average molecular weight is 277 g/mol. The topological polar surface area (TPSA) is 3.24 Å². The van der Waals surface area contributed by atoms with Crippen LogP contribution in [0.25, 0.3) is 0 Å². The third-order valence-electron chi connectivity index (χ3n) is 1.46. The van der Waals surface area contributed by atoms with Crippen molar-refractivity contribution in [3.8, 4) is 0 Å². The van der Waals surface area contributed by atoms with Crippen molar-refractivity contribution in [1.82, 2.24) is 4.90 Å². The molecule has 78 valence electrons. The molecule has 0 aromatic heterocycles. The van der Waals surface area contributed by atoms with Crippen LogP contribution in [0, 0.1) is 0 Å². The summed E-state index contributed by atoms with van der Waals surface area (Å²) in [7, 11) is 0. The normalized spacial score (nSPS) is 13.0. The van der Waals surface area contributed by atoms with Crippen molar-refractivity contribution in [2.75, 3.05) is 25.0 Å². The first-order chi connectivity index (χ1) is 6.10. The van der Waals surface area contributed by atoms with E-state index >= 15 is 0 Å². The van der Waals surface area contributed by atoms with E-state index in [1.807, 2.05) is 6.92 Å². The van der Waals surface area contributed by atoms with E-state index < -0.39 is 6.43 Å². The number of alkyl halides is 3. The van der Waals surface area contributed by atoms with Gasteiger partial charge in [-0.25, -0.2) is 8.78 Å². The molecule has 0 aromatic rings. The maximum absolute atomic E-state index is 12.1. The molecule has 0 atom stereocenters. The van der Waals surface area contributed by atoms with Crippen molar-refractivity contribution < 1.29 is 8.78 Å². The van der Waals surface area contributed by atoms with Crippen molar-refractivity contribution in [2.24, 2.45) is 0 Å². The van der Waals surface area contributed by atoms with Gasteiger partial charge in [-0.1, -0.05) is 27.5 Å². The highest BCUT2D eigenvalue weighted by molar-refractivity contribution is 9.09. The molecule has 0 aliphatic rings. The fraction of sp³-hybridized carbons (Fsp3) is 0.750. The van der Waals surface area contributed by atoms with E-state index in [0.29, 0.717) is 18.4 Å². The molecular formula is C8H13BrClF2N. The van der Waals surface area contributed by atoms with Crippen LogP contribution in [-0.4, -0.2) is 36.3 Å². The number of hydrogen-bond acceptors (Lipinski definition) is 1. The first-order valence-corrected chi connectivity index (χ1v) is 5.48. The molecule has 0 amide bonds. The Balaban J connectivity index is 3.93. The van der Waals surface area contributed by atoms with Gasteiger partial charge in [0.2, 0.25) is 0 Å². The van der Waals surface area contributed by atoms with Crippen molar-refractivity contribution in [2.45, 2.75) is 13.3 Å². The molecule has 5 heteroatoms. The summed E-state index contributed by atoms with van der Waals surface area (Å²) in [5.41, 5.74) is 2.32. The summed E-state index contributed by atoms with van der Waals surface area (Å²) in [5.74, 6) is 0. The smallest absolute Gasteiger partial charge is 0.251 e. The molecule has 0 fully saturated rings. The van der Waals surface area contributed by atoms with Crippen LogP contribution in [0.2, 0.25) is 0 Å². The van der Waals surface area contributed by atoms with E-state index in [2.05, 4.69) is 15.9 Å². The van der Waals surface area contributed by atoms with Crippen LogP contribution < -0.4 is 0 Å². The highest BCUT2D eigenvalue weighted by atomic mass is 79.9. The summed E-state index contributed by atoms with van der Waals surface area (Å²) in [6.45, 7) is 2.72. The molecule has 0 radical (unpaired) electrons. The molecule has 0 aliphatic carbocycles. The fourth-order valence-corrected chi connectivity index (χ4v) is 1.51. The highest BCUT2D eigenvalue weighted by Gasteiger charge is 2.11. The van der Waals surface area contributed by atoms with E-state index in [4.69, 9.17) is 11.6 Å². The minimum Gasteiger partial charge on any atom is -0.293 e. The van der Waals surface area contributed by atoms with Crippen molar-refractivity contribution in [3.63, 3.8) is 0 Å². The van der Waals surface area contributed by atoms with Gasteiger partial charge in [0.1, 0.15) is 0 Å². The molecule has 1 nitrogen and oxygen atoms in total. The number of hydrogen-bond donors (Lipinski definition) is 0. The third-order valence-corrected chi connectivity index (χ3v) is 2.18. The molecule has 0 heterocycles. The predicted octanol–water partition coefficient (Wildman–Crippen LogP) is 3.09. The Labute approximate surface area is 90.9 Å². The van der Waals surface area contributed by atoms with Gasteiger partial charge in [-0.2, -0.15) is 0 Å². The van der Waals surface area contributed by atoms with Crippen LogP contribution in [0.4, 0.5) is 8.78 Å². The van der Waals surface area contributed by atoms with Gasteiger partial charge in [0.25, 0.3) is 6.43 Å². The van der Waals surface area contributed by atoms with Gasteiger partial charge in [-0.3, -0.25) is 4.90 Å². The van der Waals surface area contributed by atoms with Crippen LogP contribution in [0.1, 0.15) is 6.92 Å². The summed E-state index contributed by atoms with van der Waals surface area (Å²) < 4.78 is 24.1. The van der Waals surface area contributed by atoms with Gasteiger partial charge in [0, 0.05) is 24.0 Å². The Hall–Kier alpha value is 0.330. The number of halogens is 4. The molecule has 0 aromatic carbocycles. The summed E-state index contributed by atoms with van der Waals surface area (Å²) in [4.78, 5) is 1.66. The largest absolute Gasteiger partial charge is 0.293 e. The number of nitrogens with zero attached hydrogens (tertiary/aromatic N) is 1. The van der Waals surface area contributed by atoms with E-state index in [0.717, 1.165) is 5.57 Å². The molecule has 13 heavy (non-hydrogen) atoms. The SMILES string of the molecule is CC(=CCl)CN(CCBr)CC(F)F. The number of rotatable bonds is 6. The Bertz CT molecular complexity index is 164. The average Bonchev–Trinajstić information content (AvgIpc) is 2.03. The van der Waals surface area contributed by atoms with Gasteiger partial charge < -0.3 is 0 Å². The second-order valence-corrected chi connectivity index (χ2v) is 3.78. The molecular weight excluding hydrogens is 263 g/mol. The van der Waals surface area contributed by atoms with E-state index in [9.17, 15) is 8.78 Å². The van der Waals surface area contributed by atoms with Crippen molar-refractivity contribution >= 4 is 27.5 Å². The maximum Gasteiger partial charge on any atom is 0.251 e. The lowest BCUT2D eigenvalue weighted by atomic mass is 10.3. The second-order valence-electron chi connectivity index (χ2n) is 2.77. The zero-order valence-electron chi connectivity index (χ0n) is 7.44. The minimum absolute atomic E-state index is 0.201. The first kappa shape index (κ1) is 13.3. The Morgan fingerprint density at radius 2 is 2.23 bits per heavy atom. The maximum atomic E-state index is 12.1. The Morgan fingerprint density at radius 1 is 1.62 bits per heavy atom. The van der Waals surface area contributed by atoms with Crippen molar-refractivity contribution in [1.29, 1.82) is 0 Å². The van der Waals surface area contributed by atoms with Gasteiger partial charge >= 0.3 is 0 Å². The minimum atomic E-state index is -2.29. The van der Waals surface area contributed by atoms with Crippen LogP contribution in [0.15, 0.2) is 11.1 Å². The lowest BCUT2D eigenvalue weighted by Gasteiger charge is -2.20. The summed E-state index contributed by atoms with van der Waals surface area (Å²) in [6.07, 6.45) is -2.29. The highest BCUT2D eigenvalue weighted by Crippen LogP contribution is 2.04. The van der Waals surface area contributed by atoms with Crippen LogP contribution >= 0.6 is 27.5 Å². The molecule has 0 aliphatic heterocycles. The Morgan fingerprint density at radius 3 is 2.62 bits per heavy atom. The molecule has 0 saturated heterocycles. The monoisotopic (exact) mass is 275 g/mol. The molecule has 0 bridgehead atoms. The first-order valence-electron chi connectivity index (χ1n) is 3.92. The zero-order chi connectivity index (χ0) is 10.3. The standard InChI is InChI=1S/C8H13BrClF2N/c1-7(4-10)5-13(3-2-9)6-8(11)12/h4,8H,2-3,5-6H2,1H3. The lowest BCUT2D eigenvalue weighted by molar-refractivity contribution is 0.0958. The van der Waals surface area contributed by atoms with Gasteiger partial charge in [0.05, 0.1) is 6.54 Å². The summed E-state index contributed by atoms with van der Waals surface area (Å²) >= 11 is 8.66. The van der Waals surface area contributed by atoms with Gasteiger partial charge in [-0.05, 0) is 12.5 Å². The quantitative estimate of drug-likeness (QED) is 0.674. The van der Waals surface area contributed by atoms with Crippen LogP contribution in [-0.2, 0) is 0 Å². The van der Waals surface area contributed by atoms with Crippen molar-refractivity contribution in [3.05, 3.63) is 11.1 Å². The summed E-state index contributed by atoms with van der Waals surface area (Å²) in [6, 6.07) is 0. The fourth-order valence-electron chi connectivity index (χ4n) is 0.937. The molecule has 0 rings (SSSR count). The molecule has 0 saturated carbocycles. The van der Waals surface area contributed by atoms with Crippen LogP contribution in [0.5, 0.6) is 0 Å². The Kier molecular flexibility index (Phi) is 7.90. The molecule has 0 spiro atoms. The molecule has 0 unspecified atom stereocenters. The van der Waals surface area contributed by atoms with Crippen LogP contribution in [0.3, 0.4) is 0 Å². The van der Waals surface area contributed by atoms with E-state index in [1.165, 1.54) is 5.54 Å². The second kappa shape index (κ2) is 7.71. The zero-order valence-corrected chi connectivity index (χ0v) is 9.78.